The van der Waals surface area contributed by atoms with Gasteiger partial charge >= 0.3 is 0 Å². The van der Waals surface area contributed by atoms with Gasteiger partial charge in [-0.25, -0.2) is 9.37 Å². The number of aromatic nitrogens is 2. The first kappa shape index (κ1) is 23.6. The number of unbranched alkanes of at least 4 members (excludes halogenated alkanes) is 1. The Hall–Kier alpha value is -3.51. The molecule has 0 bridgehead atoms. The molecule has 0 aliphatic carbocycles. The van der Waals surface area contributed by atoms with E-state index in [2.05, 4.69) is 0 Å². The van der Waals surface area contributed by atoms with Crippen molar-refractivity contribution in [3.8, 4) is 5.69 Å². The van der Waals surface area contributed by atoms with Gasteiger partial charge in [0, 0.05) is 6.54 Å². The number of fused-ring (bicyclic) bond motifs is 1. The highest BCUT2D eigenvalue weighted by molar-refractivity contribution is 6.32. The van der Waals surface area contributed by atoms with Crippen LogP contribution in [0.5, 0.6) is 0 Å². The molecular weight excluding hydrogens is 453 g/mol. The fraction of sp³-hybridized carbons (Fsp3) is 0.222. The van der Waals surface area contributed by atoms with E-state index in [1.165, 1.54) is 16.7 Å². The largest absolute Gasteiger partial charge is 0.329 e. The van der Waals surface area contributed by atoms with Crippen LogP contribution in [-0.4, -0.2) is 26.9 Å². The highest BCUT2D eigenvalue weighted by atomic mass is 35.5. The van der Waals surface area contributed by atoms with Crippen molar-refractivity contribution in [1.29, 1.82) is 0 Å². The van der Waals surface area contributed by atoms with Gasteiger partial charge in [-0.3, -0.25) is 14.2 Å². The number of amides is 1. The molecular formula is C27H25ClFN3O2. The summed E-state index contributed by atoms with van der Waals surface area (Å²) >= 11 is 6.48. The van der Waals surface area contributed by atoms with Crippen LogP contribution in [0.15, 0.2) is 77.6 Å². The van der Waals surface area contributed by atoms with Crippen molar-refractivity contribution in [2.75, 3.05) is 6.54 Å². The summed E-state index contributed by atoms with van der Waals surface area (Å²) in [7, 11) is 0. The van der Waals surface area contributed by atoms with Crippen molar-refractivity contribution in [1.82, 2.24) is 14.5 Å². The van der Waals surface area contributed by atoms with E-state index in [-0.39, 0.29) is 11.1 Å². The summed E-state index contributed by atoms with van der Waals surface area (Å²) in [5, 5.41) is 0.828. The van der Waals surface area contributed by atoms with E-state index >= 15 is 0 Å². The number of para-hydroxylation sites is 2. The lowest BCUT2D eigenvalue weighted by atomic mass is 10.1. The van der Waals surface area contributed by atoms with Crippen molar-refractivity contribution in [3.05, 3.63) is 105 Å². The minimum absolute atomic E-state index is 0.0158. The van der Waals surface area contributed by atoms with Gasteiger partial charge in [-0.2, -0.15) is 0 Å². The van der Waals surface area contributed by atoms with Gasteiger partial charge in [0.25, 0.3) is 11.5 Å². The maximum absolute atomic E-state index is 14.5. The third-order valence-corrected chi connectivity index (χ3v) is 6.17. The zero-order chi connectivity index (χ0) is 24.2. The molecule has 1 atom stereocenters. The molecule has 1 unspecified atom stereocenters. The van der Waals surface area contributed by atoms with Crippen LogP contribution in [0, 0.1) is 5.82 Å². The zero-order valence-electron chi connectivity index (χ0n) is 19.0. The fourth-order valence-corrected chi connectivity index (χ4v) is 4.24. The highest BCUT2D eigenvalue weighted by Gasteiger charge is 2.29. The van der Waals surface area contributed by atoms with E-state index in [0.29, 0.717) is 40.4 Å². The van der Waals surface area contributed by atoms with Crippen LogP contribution in [-0.2, 0) is 0 Å². The summed E-state index contributed by atoms with van der Waals surface area (Å²) in [6, 6.07) is 19.4. The van der Waals surface area contributed by atoms with Crippen LogP contribution in [0.25, 0.3) is 16.6 Å². The maximum atomic E-state index is 14.5. The lowest BCUT2D eigenvalue weighted by molar-refractivity contribution is 0.0673. The average molecular weight is 478 g/mol. The Labute approximate surface area is 202 Å². The number of nitrogens with zero attached hydrogens (tertiary/aromatic N) is 3. The standard InChI is InChI=1S/C27H25ClFN3O2/c1-3-4-17-31(26(33)19-11-5-8-14-22(19)29)18(2)25-30-23-15-9-6-12-20(23)27(34)32(25)24-16-10-7-13-21(24)28/h5-16,18H,3-4,17H2,1-2H3. The Kier molecular flexibility index (Phi) is 7.08. The van der Waals surface area contributed by atoms with Gasteiger partial charge < -0.3 is 4.90 Å². The highest BCUT2D eigenvalue weighted by Crippen LogP contribution is 2.28. The Bertz CT molecular complexity index is 1400. The smallest absolute Gasteiger partial charge is 0.266 e. The molecule has 1 amide bonds. The number of hydrogen-bond acceptors (Lipinski definition) is 3. The molecule has 0 saturated carbocycles. The second-order valence-electron chi connectivity index (χ2n) is 8.09. The summed E-state index contributed by atoms with van der Waals surface area (Å²) in [5.41, 5.74) is 0.696. The molecule has 0 aliphatic rings. The van der Waals surface area contributed by atoms with Gasteiger partial charge in [0.15, 0.2) is 0 Å². The van der Waals surface area contributed by atoms with Crippen LogP contribution >= 0.6 is 11.6 Å². The molecule has 174 valence electrons. The molecule has 4 aromatic rings. The van der Waals surface area contributed by atoms with Crippen molar-refractivity contribution < 1.29 is 9.18 Å². The van der Waals surface area contributed by atoms with Gasteiger partial charge in [-0.15, -0.1) is 0 Å². The Morgan fingerprint density at radius 1 is 1.06 bits per heavy atom. The van der Waals surface area contributed by atoms with Crippen LogP contribution < -0.4 is 5.56 Å². The molecule has 0 fully saturated rings. The van der Waals surface area contributed by atoms with Gasteiger partial charge in [-0.05, 0) is 49.7 Å². The Morgan fingerprint density at radius 2 is 1.74 bits per heavy atom. The molecule has 34 heavy (non-hydrogen) atoms. The van der Waals surface area contributed by atoms with Crippen molar-refractivity contribution >= 4 is 28.4 Å². The molecule has 0 aliphatic heterocycles. The lowest BCUT2D eigenvalue weighted by Gasteiger charge is -2.31. The molecule has 1 aromatic heterocycles. The molecule has 5 nitrogen and oxygen atoms in total. The number of carbonyl (C=O) groups is 1. The number of carbonyl (C=O) groups excluding carboxylic acids is 1. The monoisotopic (exact) mass is 477 g/mol. The number of rotatable bonds is 7. The van der Waals surface area contributed by atoms with Crippen LogP contribution in [0.2, 0.25) is 5.02 Å². The molecule has 0 saturated heterocycles. The number of benzene rings is 3. The van der Waals surface area contributed by atoms with E-state index < -0.39 is 17.8 Å². The first-order valence-corrected chi connectivity index (χ1v) is 11.6. The van der Waals surface area contributed by atoms with Crippen LogP contribution in [0.1, 0.15) is 48.9 Å². The predicted molar refractivity (Wildman–Crippen MR) is 133 cm³/mol. The molecule has 1 heterocycles. The molecule has 4 rings (SSSR count). The normalized spacial score (nSPS) is 12.0. The fourth-order valence-electron chi connectivity index (χ4n) is 4.02. The third-order valence-electron chi connectivity index (χ3n) is 5.85. The molecule has 0 radical (unpaired) electrons. The van der Waals surface area contributed by atoms with E-state index in [4.69, 9.17) is 16.6 Å². The van der Waals surface area contributed by atoms with Gasteiger partial charge in [-0.1, -0.05) is 61.3 Å². The molecule has 0 spiro atoms. The van der Waals surface area contributed by atoms with Crippen LogP contribution in [0.4, 0.5) is 4.39 Å². The zero-order valence-corrected chi connectivity index (χ0v) is 19.8. The molecule has 0 N–H and O–H groups in total. The predicted octanol–water partition coefficient (Wildman–Crippen LogP) is 6.18. The first-order chi connectivity index (χ1) is 16.4. The van der Waals surface area contributed by atoms with Crippen LogP contribution in [0.3, 0.4) is 0 Å². The number of halogens is 2. The van der Waals surface area contributed by atoms with Gasteiger partial charge in [0.2, 0.25) is 0 Å². The Morgan fingerprint density at radius 3 is 2.47 bits per heavy atom. The second kappa shape index (κ2) is 10.2. The van der Waals surface area contributed by atoms with Crippen molar-refractivity contribution in [2.24, 2.45) is 0 Å². The van der Waals surface area contributed by atoms with Gasteiger partial charge in [0.05, 0.1) is 33.2 Å². The van der Waals surface area contributed by atoms with Crippen molar-refractivity contribution in [2.45, 2.75) is 32.7 Å². The molecule has 7 heteroatoms. The summed E-state index contributed by atoms with van der Waals surface area (Å²) < 4.78 is 16.0. The lowest BCUT2D eigenvalue weighted by Crippen LogP contribution is -2.38. The number of hydrogen-bond donors (Lipinski definition) is 0. The van der Waals surface area contributed by atoms with E-state index in [1.54, 1.807) is 66.4 Å². The molecule has 3 aromatic carbocycles. The van der Waals surface area contributed by atoms with Gasteiger partial charge in [0.1, 0.15) is 11.6 Å². The third kappa shape index (κ3) is 4.46. The second-order valence-corrected chi connectivity index (χ2v) is 8.49. The summed E-state index contributed by atoms with van der Waals surface area (Å²) in [5.74, 6) is -0.680. The van der Waals surface area contributed by atoms with E-state index in [0.717, 1.165) is 6.42 Å². The quantitative estimate of drug-likeness (QED) is 0.319. The minimum Gasteiger partial charge on any atom is -0.329 e. The Balaban J connectivity index is 1.93. The SMILES string of the molecule is CCCCN(C(=O)c1ccccc1F)C(C)c1nc2ccccc2c(=O)n1-c1ccccc1Cl. The van der Waals surface area contributed by atoms with E-state index in [9.17, 15) is 14.0 Å². The average Bonchev–Trinajstić information content (AvgIpc) is 2.85. The van der Waals surface area contributed by atoms with E-state index in [1.807, 2.05) is 13.0 Å². The topological polar surface area (TPSA) is 55.2 Å². The minimum atomic E-state index is -0.632. The first-order valence-electron chi connectivity index (χ1n) is 11.3. The summed E-state index contributed by atoms with van der Waals surface area (Å²) in [6.07, 6.45) is 1.56. The van der Waals surface area contributed by atoms with Crippen molar-refractivity contribution in [3.63, 3.8) is 0 Å². The summed E-state index contributed by atoms with van der Waals surface area (Å²) in [6.45, 7) is 4.21. The maximum Gasteiger partial charge on any atom is 0.266 e. The summed E-state index contributed by atoms with van der Waals surface area (Å²) in [4.78, 5) is 33.5.